The van der Waals surface area contributed by atoms with Crippen LogP contribution in [0, 0.1) is 11.8 Å². The van der Waals surface area contributed by atoms with Crippen LogP contribution in [0.1, 0.15) is 64.0 Å². The monoisotopic (exact) mass is 467 g/mol. The normalized spacial score (nSPS) is 21.7. The Bertz CT molecular complexity index is 1020. The van der Waals surface area contributed by atoms with Crippen LogP contribution < -0.4 is 11.1 Å². The molecule has 1 aromatic carbocycles. The van der Waals surface area contributed by atoms with Gasteiger partial charge in [0, 0.05) is 6.54 Å². The first kappa shape index (κ1) is 23.8. The second kappa shape index (κ2) is 8.47. The van der Waals surface area contributed by atoms with E-state index in [1.165, 1.54) is 0 Å². The molecule has 1 aliphatic heterocycles. The molecule has 3 atom stereocenters. The summed E-state index contributed by atoms with van der Waals surface area (Å²) in [5, 5.41) is 3.08. The van der Waals surface area contributed by atoms with Crippen LogP contribution in [-0.4, -0.2) is 51.9 Å². The molecule has 2 heterocycles. The zero-order valence-corrected chi connectivity index (χ0v) is 19.4. The third kappa shape index (κ3) is 4.82. The summed E-state index contributed by atoms with van der Waals surface area (Å²) in [4.78, 5) is 22.2. The Morgan fingerprint density at radius 3 is 2.55 bits per heavy atom. The fourth-order valence-corrected chi connectivity index (χ4v) is 4.18. The molecule has 1 aliphatic carbocycles. The second-order valence-electron chi connectivity index (χ2n) is 10.1. The summed E-state index contributed by atoms with van der Waals surface area (Å²) in [5.41, 5.74) is 6.19. The number of amides is 2. The number of carbonyl (C=O) groups excluding carboxylic acids is 1. The minimum absolute atomic E-state index is 0.0251. The molecule has 0 bridgehead atoms. The van der Waals surface area contributed by atoms with Gasteiger partial charge in [-0.2, -0.15) is 13.2 Å². The van der Waals surface area contributed by atoms with Crippen molar-refractivity contribution < 1.29 is 22.7 Å². The molecule has 4 rings (SSSR count). The number of H-pyrrole nitrogens is 1. The molecule has 1 saturated heterocycles. The van der Waals surface area contributed by atoms with Crippen molar-refractivity contribution in [1.29, 1.82) is 0 Å². The number of urea groups is 1. The predicted molar refractivity (Wildman–Crippen MR) is 118 cm³/mol. The largest absolute Gasteiger partial charge is 0.416 e. The van der Waals surface area contributed by atoms with Crippen molar-refractivity contribution in [2.24, 2.45) is 17.6 Å². The Morgan fingerprint density at radius 1 is 1.27 bits per heavy atom. The number of alkyl halides is 3. The molecule has 1 saturated carbocycles. The average Bonchev–Trinajstić information content (AvgIpc) is 3.34. The van der Waals surface area contributed by atoms with E-state index >= 15 is 0 Å². The van der Waals surface area contributed by atoms with E-state index in [1.807, 2.05) is 23.1 Å². The average molecular weight is 468 g/mol. The Labute approximate surface area is 191 Å². The highest BCUT2D eigenvalue weighted by Gasteiger charge is 2.49. The van der Waals surface area contributed by atoms with Crippen molar-refractivity contribution in [3.05, 3.63) is 29.6 Å². The van der Waals surface area contributed by atoms with Gasteiger partial charge in [-0.05, 0) is 56.2 Å². The van der Waals surface area contributed by atoms with Crippen molar-refractivity contribution in [3.8, 4) is 0 Å². The number of imidazole rings is 1. The lowest BCUT2D eigenvalue weighted by molar-refractivity contribution is -0.264. The number of aromatic amines is 1. The van der Waals surface area contributed by atoms with Crippen LogP contribution >= 0.6 is 0 Å². The fraction of sp³-hybridized carbons (Fsp3) is 0.652. The number of nitrogens with one attached hydrogen (secondary N) is 2. The zero-order chi connectivity index (χ0) is 24.1. The van der Waals surface area contributed by atoms with E-state index in [2.05, 4.69) is 29.1 Å². The van der Waals surface area contributed by atoms with Crippen LogP contribution in [-0.2, 0) is 4.74 Å². The molecule has 2 aromatic rings. The van der Waals surface area contributed by atoms with Gasteiger partial charge >= 0.3 is 12.2 Å². The first-order valence-electron chi connectivity index (χ1n) is 11.4. The summed E-state index contributed by atoms with van der Waals surface area (Å²) in [6, 6.07) is 5.04. The van der Waals surface area contributed by atoms with Crippen molar-refractivity contribution in [3.63, 3.8) is 0 Å². The summed E-state index contributed by atoms with van der Waals surface area (Å²) < 4.78 is 44.2. The molecule has 182 valence electrons. The minimum Gasteiger partial charge on any atom is -0.364 e. The molecule has 2 aliphatic rings. The molecule has 2 amide bonds. The van der Waals surface area contributed by atoms with Gasteiger partial charge in [-0.15, -0.1) is 0 Å². The van der Waals surface area contributed by atoms with E-state index in [0.29, 0.717) is 29.7 Å². The predicted octanol–water partition coefficient (Wildman–Crippen LogP) is 4.42. The maximum atomic E-state index is 13.0. The Hall–Kier alpha value is -2.33. The topological polar surface area (TPSA) is 96.3 Å². The van der Waals surface area contributed by atoms with Crippen LogP contribution in [0.5, 0.6) is 0 Å². The Balaban J connectivity index is 1.53. The van der Waals surface area contributed by atoms with Crippen LogP contribution in [0.25, 0.3) is 11.0 Å². The highest BCUT2D eigenvalue weighted by atomic mass is 19.4. The molecule has 10 heteroatoms. The quantitative estimate of drug-likeness (QED) is 0.535. The number of fused-ring (bicyclic) bond motifs is 1. The van der Waals surface area contributed by atoms with Gasteiger partial charge < -0.3 is 25.7 Å². The summed E-state index contributed by atoms with van der Waals surface area (Å²) in [6.45, 7) is 6.48. The van der Waals surface area contributed by atoms with Crippen molar-refractivity contribution in [2.45, 2.75) is 70.4 Å². The molecule has 0 radical (unpaired) electrons. The number of hydrogen-bond acceptors (Lipinski definition) is 4. The van der Waals surface area contributed by atoms with Crippen LogP contribution in [0.2, 0.25) is 0 Å². The highest BCUT2D eigenvalue weighted by molar-refractivity contribution is 5.79. The smallest absolute Gasteiger partial charge is 0.364 e. The number of carbonyl (C=O) groups is 1. The van der Waals surface area contributed by atoms with E-state index in [4.69, 9.17) is 10.5 Å². The Kier molecular flexibility index (Phi) is 6.11. The lowest BCUT2D eigenvalue weighted by Crippen LogP contribution is -2.43. The maximum Gasteiger partial charge on any atom is 0.416 e. The van der Waals surface area contributed by atoms with Gasteiger partial charge in [0.15, 0.2) is 5.60 Å². The molecular weight excluding hydrogens is 435 g/mol. The van der Waals surface area contributed by atoms with Gasteiger partial charge in [-0.1, -0.05) is 19.9 Å². The number of rotatable bonds is 8. The molecular formula is C23H32F3N5O2. The lowest BCUT2D eigenvalue weighted by Gasteiger charge is -2.28. The Morgan fingerprint density at radius 2 is 1.97 bits per heavy atom. The number of aromatic nitrogens is 2. The van der Waals surface area contributed by atoms with Crippen molar-refractivity contribution >= 4 is 17.1 Å². The zero-order valence-electron chi connectivity index (χ0n) is 19.4. The van der Waals surface area contributed by atoms with Gasteiger partial charge in [-0.3, -0.25) is 0 Å². The minimum atomic E-state index is -4.50. The molecule has 0 spiro atoms. The number of ether oxygens (including phenoxy) is 1. The number of nitrogens with two attached hydrogens (primary N) is 1. The first-order chi connectivity index (χ1) is 15.4. The molecule has 7 nitrogen and oxygen atoms in total. The van der Waals surface area contributed by atoms with Gasteiger partial charge in [-0.25, -0.2) is 9.78 Å². The molecule has 1 aromatic heterocycles. The van der Waals surface area contributed by atoms with Gasteiger partial charge in [0.05, 0.1) is 35.8 Å². The third-order valence-electron chi connectivity index (χ3n) is 6.70. The fourth-order valence-electron chi connectivity index (χ4n) is 4.18. The summed E-state index contributed by atoms with van der Waals surface area (Å²) in [6.07, 6.45) is -2.35. The van der Waals surface area contributed by atoms with Crippen LogP contribution in [0.4, 0.5) is 18.0 Å². The van der Waals surface area contributed by atoms with Gasteiger partial charge in [0.1, 0.15) is 5.82 Å². The van der Waals surface area contributed by atoms with Gasteiger partial charge in [0.25, 0.3) is 0 Å². The first-order valence-corrected chi connectivity index (χ1v) is 11.4. The highest BCUT2D eigenvalue weighted by Crippen LogP contribution is 2.46. The molecule has 4 N–H and O–H groups in total. The van der Waals surface area contributed by atoms with E-state index < -0.39 is 17.8 Å². The number of hydrogen-bond donors (Lipinski definition) is 3. The number of benzene rings is 1. The van der Waals surface area contributed by atoms with Crippen molar-refractivity contribution in [1.82, 2.24) is 20.2 Å². The standard InChI is InChI=1S/C23H32F3N5O2/c1-12(2)18-10-31(21(32)30-18)19(13-5-6-13)14-7-8-16-17(9-14)29-20(28-16)15(27)11-33-22(3,4)23(24,25)26/h7-9,12-13,15,18-19H,5-6,10-11,27H2,1-4H3,(H,28,29)(H,30,32)/t15-,18-,19+/m0/s1. The summed E-state index contributed by atoms with van der Waals surface area (Å²) in [7, 11) is 0. The molecule has 33 heavy (non-hydrogen) atoms. The van der Waals surface area contributed by atoms with Crippen LogP contribution in [0.15, 0.2) is 18.2 Å². The van der Waals surface area contributed by atoms with E-state index in [1.54, 1.807) is 0 Å². The summed E-state index contributed by atoms with van der Waals surface area (Å²) >= 11 is 0. The molecule has 0 unspecified atom stereocenters. The molecule has 2 fully saturated rings. The van der Waals surface area contributed by atoms with Crippen LogP contribution in [0.3, 0.4) is 0 Å². The van der Waals surface area contributed by atoms with Crippen molar-refractivity contribution in [2.75, 3.05) is 13.2 Å². The second-order valence-corrected chi connectivity index (χ2v) is 10.1. The van der Waals surface area contributed by atoms with E-state index in [-0.39, 0.29) is 24.7 Å². The number of nitrogens with zero attached hydrogens (tertiary/aromatic N) is 2. The number of halogens is 3. The van der Waals surface area contributed by atoms with Gasteiger partial charge in [0.2, 0.25) is 0 Å². The summed E-state index contributed by atoms with van der Waals surface area (Å²) in [5.74, 6) is 1.13. The third-order valence-corrected chi connectivity index (χ3v) is 6.70. The SMILES string of the molecule is CC(C)[C@@H]1CN([C@@H](c2ccc3[nH]c([C@@H](N)COC(C)(C)C(F)(F)F)nc3c2)C2CC2)C(=O)N1. The van der Waals surface area contributed by atoms with E-state index in [9.17, 15) is 18.0 Å². The van der Waals surface area contributed by atoms with E-state index in [0.717, 1.165) is 37.8 Å². The maximum absolute atomic E-state index is 13.0. The lowest BCUT2D eigenvalue weighted by atomic mass is 9.99.